The van der Waals surface area contributed by atoms with E-state index in [1.807, 2.05) is 6.92 Å². The van der Waals surface area contributed by atoms with Gasteiger partial charge >= 0.3 is 5.97 Å². The van der Waals surface area contributed by atoms with Crippen LogP contribution in [0.1, 0.15) is 36.2 Å². The van der Waals surface area contributed by atoms with Crippen molar-refractivity contribution < 1.29 is 19.1 Å². The summed E-state index contributed by atoms with van der Waals surface area (Å²) in [7, 11) is 0. The molecule has 110 valence electrons. The average Bonchev–Trinajstić information content (AvgIpc) is 2.40. The van der Waals surface area contributed by atoms with E-state index in [0.717, 1.165) is 0 Å². The first-order valence-corrected chi connectivity index (χ1v) is 6.65. The number of amides is 1. The lowest BCUT2D eigenvalue weighted by atomic mass is 9.99. The van der Waals surface area contributed by atoms with Gasteiger partial charge in [0.05, 0.1) is 10.6 Å². The third-order valence-electron chi connectivity index (χ3n) is 3.29. The van der Waals surface area contributed by atoms with Gasteiger partial charge in [0.2, 0.25) is 0 Å². The molecule has 6 heteroatoms. The number of rotatable bonds is 5. The number of halogens is 2. The topological polar surface area (TPSA) is 66.4 Å². The summed E-state index contributed by atoms with van der Waals surface area (Å²) in [6, 6.07) is 1.74. The molecule has 0 radical (unpaired) electrons. The second-order valence-corrected chi connectivity index (χ2v) is 5.11. The molecule has 2 N–H and O–H groups in total. The minimum Gasteiger partial charge on any atom is -0.480 e. The zero-order chi connectivity index (χ0) is 15.4. The van der Waals surface area contributed by atoms with Gasteiger partial charge in [-0.1, -0.05) is 37.9 Å². The number of aliphatic carboxylic acids is 1. The van der Waals surface area contributed by atoms with Gasteiger partial charge in [0.25, 0.3) is 5.91 Å². The molecule has 1 aromatic carbocycles. The Balaban J connectivity index is 3.01. The van der Waals surface area contributed by atoms with Crippen molar-refractivity contribution in [3.05, 3.63) is 34.1 Å². The SMILES string of the molecule is CC[C@H](C)[C@H](NC(=O)c1ccc(C)c(Cl)c1F)C(=O)O. The largest absolute Gasteiger partial charge is 0.480 e. The summed E-state index contributed by atoms with van der Waals surface area (Å²) in [6.45, 7) is 5.14. The number of carboxylic acids is 1. The van der Waals surface area contributed by atoms with Crippen LogP contribution >= 0.6 is 11.6 Å². The van der Waals surface area contributed by atoms with E-state index in [2.05, 4.69) is 5.32 Å². The van der Waals surface area contributed by atoms with Crippen molar-refractivity contribution >= 4 is 23.5 Å². The third-order valence-corrected chi connectivity index (χ3v) is 3.75. The molecule has 0 aliphatic carbocycles. The predicted octanol–water partition coefficient (Wildman–Crippen LogP) is 3.02. The van der Waals surface area contributed by atoms with E-state index in [9.17, 15) is 14.0 Å². The Morgan fingerprint density at radius 3 is 2.55 bits per heavy atom. The quantitative estimate of drug-likeness (QED) is 0.878. The van der Waals surface area contributed by atoms with Crippen molar-refractivity contribution in [2.75, 3.05) is 0 Å². The number of aryl methyl sites for hydroxylation is 1. The molecule has 1 rings (SSSR count). The standard InChI is InChI=1S/C14H17ClFNO3/c1-4-7(2)12(14(19)20)17-13(18)9-6-5-8(3)10(15)11(9)16/h5-7,12H,4H2,1-3H3,(H,17,18)(H,19,20)/t7-,12-/m0/s1. The predicted molar refractivity (Wildman–Crippen MR) is 74.5 cm³/mol. The van der Waals surface area contributed by atoms with Gasteiger partial charge in [0.1, 0.15) is 6.04 Å². The van der Waals surface area contributed by atoms with Gasteiger partial charge in [-0.05, 0) is 24.5 Å². The van der Waals surface area contributed by atoms with Crippen LogP contribution in [0.5, 0.6) is 0 Å². The Hall–Kier alpha value is -1.62. The molecular formula is C14H17ClFNO3. The fraction of sp³-hybridized carbons (Fsp3) is 0.429. The first-order chi connectivity index (χ1) is 9.29. The maximum atomic E-state index is 13.9. The van der Waals surface area contributed by atoms with Crippen molar-refractivity contribution in [1.82, 2.24) is 5.32 Å². The smallest absolute Gasteiger partial charge is 0.326 e. The van der Waals surface area contributed by atoms with Crippen molar-refractivity contribution in [2.24, 2.45) is 5.92 Å². The molecule has 0 heterocycles. The van der Waals surface area contributed by atoms with Gasteiger partial charge in [-0.2, -0.15) is 0 Å². The number of nitrogens with one attached hydrogen (secondary N) is 1. The lowest BCUT2D eigenvalue weighted by molar-refractivity contribution is -0.140. The molecule has 0 aromatic heterocycles. The van der Waals surface area contributed by atoms with Crippen molar-refractivity contribution in [2.45, 2.75) is 33.2 Å². The zero-order valence-electron chi connectivity index (χ0n) is 11.5. The van der Waals surface area contributed by atoms with E-state index in [1.165, 1.54) is 12.1 Å². The third kappa shape index (κ3) is 3.48. The second-order valence-electron chi connectivity index (χ2n) is 4.73. The first-order valence-electron chi connectivity index (χ1n) is 6.27. The summed E-state index contributed by atoms with van der Waals surface area (Å²) in [5.74, 6) is -3.03. The minimum atomic E-state index is -1.15. The fourth-order valence-corrected chi connectivity index (χ4v) is 1.89. The Morgan fingerprint density at radius 1 is 1.45 bits per heavy atom. The molecule has 1 aromatic rings. The Kier molecular flexibility index (Phi) is 5.51. The summed E-state index contributed by atoms with van der Waals surface area (Å²) in [5.41, 5.74) is 0.257. The number of benzene rings is 1. The monoisotopic (exact) mass is 301 g/mol. The summed E-state index contributed by atoms with van der Waals surface area (Å²) in [4.78, 5) is 23.1. The maximum absolute atomic E-state index is 13.9. The highest BCUT2D eigenvalue weighted by Crippen LogP contribution is 2.22. The highest BCUT2D eigenvalue weighted by atomic mass is 35.5. The van der Waals surface area contributed by atoms with Crippen LogP contribution in [0, 0.1) is 18.7 Å². The number of carboxylic acid groups (broad SMARTS) is 1. The fourth-order valence-electron chi connectivity index (χ4n) is 1.72. The molecule has 0 bridgehead atoms. The molecule has 0 aliphatic heterocycles. The Bertz CT molecular complexity index is 533. The van der Waals surface area contributed by atoms with Crippen LogP contribution in [-0.2, 0) is 4.79 Å². The van der Waals surface area contributed by atoms with Gasteiger partial charge in [0, 0.05) is 0 Å². The number of hydrogen-bond donors (Lipinski definition) is 2. The minimum absolute atomic E-state index is 0.131. The van der Waals surface area contributed by atoms with Crippen molar-refractivity contribution in [3.63, 3.8) is 0 Å². The second kappa shape index (κ2) is 6.70. The summed E-state index contributed by atoms with van der Waals surface area (Å²) >= 11 is 5.74. The van der Waals surface area contributed by atoms with E-state index in [4.69, 9.17) is 16.7 Å². The van der Waals surface area contributed by atoms with Crippen LogP contribution in [0.3, 0.4) is 0 Å². The molecule has 2 atom stereocenters. The molecule has 0 saturated carbocycles. The van der Waals surface area contributed by atoms with Gasteiger partial charge in [-0.15, -0.1) is 0 Å². The normalized spacial score (nSPS) is 13.7. The summed E-state index contributed by atoms with van der Waals surface area (Å²) in [6.07, 6.45) is 0.578. The van der Waals surface area contributed by atoms with Crippen molar-refractivity contribution in [1.29, 1.82) is 0 Å². The summed E-state index contributed by atoms with van der Waals surface area (Å²) < 4.78 is 13.9. The highest BCUT2D eigenvalue weighted by molar-refractivity contribution is 6.31. The van der Waals surface area contributed by atoms with E-state index >= 15 is 0 Å². The number of carbonyl (C=O) groups is 2. The van der Waals surface area contributed by atoms with Crippen molar-refractivity contribution in [3.8, 4) is 0 Å². The Morgan fingerprint density at radius 2 is 2.05 bits per heavy atom. The van der Waals surface area contributed by atoms with Gasteiger partial charge < -0.3 is 10.4 Å². The van der Waals surface area contributed by atoms with Crippen LogP contribution in [0.2, 0.25) is 5.02 Å². The van der Waals surface area contributed by atoms with E-state index in [-0.39, 0.29) is 16.5 Å². The van der Waals surface area contributed by atoms with Crippen LogP contribution in [0.25, 0.3) is 0 Å². The molecule has 0 aliphatic rings. The molecule has 20 heavy (non-hydrogen) atoms. The molecule has 0 spiro atoms. The highest BCUT2D eigenvalue weighted by Gasteiger charge is 2.27. The zero-order valence-corrected chi connectivity index (χ0v) is 12.3. The average molecular weight is 302 g/mol. The van der Waals surface area contributed by atoms with Crippen LogP contribution in [0.4, 0.5) is 4.39 Å². The van der Waals surface area contributed by atoms with E-state index < -0.39 is 23.7 Å². The van der Waals surface area contributed by atoms with Crippen LogP contribution < -0.4 is 5.32 Å². The lowest BCUT2D eigenvalue weighted by Crippen LogP contribution is -2.45. The van der Waals surface area contributed by atoms with Gasteiger partial charge in [-0.25, -0.2) is 9.18 Å². The first kappa shape index (κ1) is 16.4. The maximum Gasteiger partial charge on any atom is 0.326 e. The molecule has 0 fully saturated rings. The van der Waals surface area contributed by atoms with Gasteiger partial charge in [0.15, 0.2) is 5.82 Å². The van der Waals surface area contributed by atoms with Gasteiger partial charge in [-0.3, -0.25) is 4.79 Å². The number of carbonyl (C=O) groups excluding carboxylic acids is 1. The van der Waals surface area contributed by atoms with E-state index in [0.29, 0.717) is 12.0 Å². The van der Waals surface area contributed by atoms with Crippen LogP contribution in [0.15, 0.2) is 12.1 Å². The van der Waals surface area contributed by atoms with E-state index in [1.54, 1.807) is 13.8 Å². The lowest BCUT2D eigenvalue weighted by Gasteiger charge is -2.20. The molecule has 4 nitrogen and oxygen atoms in total. The molecule has 0 unspecified atom stereocenters. The molecule has 0 saturated heterocycles. The summed E-state index contributed by atoms with van der Waals surface area (Å²) in [5, 5.41) is 11.3. The molecular weight excluding hydrogens is 285 g/mol. The molecule has 1 amide bonds. The Labute approximate surface area is 121 Å². The number of hydrogen-bond acceptors (Lipinski definition) is 2. The van der Waals surface area contributed by atoms with Crippen LogP contribution in [-0.4, -0.2) is 23.0 Å².